The number of quaternary nitrogens is 1. The van der Waals surface area contributed by atoms with Crippen LogP contribution in [0.4, 0.5) is 0 Å². The van der Waals surface area contributed by atoms with Gasteiger partial charge in [0.15, 0.2) is 0 Å². The predicted octanol–water partition coefficient (Wildman–Crippen LogP) is 5.88. The van der Waals surface area contributed by atoms with E-state index in [9.17, 15) is 0 Å². The molecule has 0 atom stereocenters. The average Bonchev–Trinajstić information content (AvgIpc) is 2.92. The molecule has 0 bridgehead atoms. The molecule has 1 saturated heterocycles. The van der Waals surface area contributed by atoms with Crippen molar-refractivity contribution < 1.29 is 34.8 Å². The van der Waals surface area contributed by atoms with E-state index in [-0.39, 0.29) is 20.4 Å². The van der Waals surface area contributed by atoms with Crippen LogP contribution in [0.1, 0.15) is 31.7 Å². The van der Waals surface area contributed by atoms with Crippen molar-refractivity contribution in [2.24, 2.45) is 0 Å². The fourth-order valence-corrected chi connectivity index (χ4v) is 7.27. The maximum Gasteiger partial charge on any atom is 0.300 e. The molecule has 0 amide bonds. The molecule has 1 aliphatic heterocycles. The van der Waals surface area contributed by atoms with Crippen LogP contribution in [-0.4, -0.2) is 35.7 Å². The second-order valence-electron chi connectivity index (χ2n) is 9.67. The second kappa shape index (κ2) is 17.1. The number of carbonyl (C=O) groups is 1. The van der Waals surface area contributed by atoms with Crippen LogP contribution < -0.4 is 15.9 Å². The van der Waals surface area contributed by atoms with Crippen LogP contribution in [0.3, 0.4) is 0 Å². The molecule has 4 aromatic carbocycles. The fraction of sp³-hybridized carbons (Fsp3) is 0.242. The maximum atomic E-state index is 9.00. The molecule has 1 fully saturated rings. The van der Waals surface area contributed by atoms with Gasteiger partial charge in [-0.15, -0.1) is 5.56 Å². The minimum absolute atomic E-state index is 0. The average molecular weight is 619 g/mol. The minimum atomic E-state index is -0.877. The van der Waals surface area contributed by atoms with E-state index in [4.69, 9.17) is 9.90 Å². The van der Waals surface area contributed by atoms with Crippen molar-refractivity contribution in [3.63, 3.8) is 0 Å². The maximum absolute atomic E-state index is 9.00. The summed E-state index contributed by atoms with van der Waals surface area (Å²) in [7, 11) is 1.50. The smallest absolute Gasteiger partial charge is 0.300 e. The Morgan fingerprint density at radius 3 is 1.50 bits per heavy atom. The SMILES string of the molecule is CC(=O)O.C[N+]1(Cc2[c-]cccc2)CCCCC1.[Pd].c1ccc([PH+](c2ccccc2)c2ccccc2)cc1. The first kappa shape index (κ1) is 31.6. The molecule has 0 spiro atoms. The summed E-state index contributed by atoms with van der Waals surface area (Å²) in [6.45, 7) is 4.91. The third-order valence-electron chi connectivity index (χ3n) is 6.41. The van der Waals surface area contributed by atoms with Gasteiger partial charge in [0.25, 0.3) is 5.97 Å². The van der Waals surface area contributed by atoms with Crippen molar-refractivity contribution in [2.45, 2.75) is 32.7 Å². The Balaban J connectivity index is 0.000000236. The molecular weight excluding hydrogens is 580 g/mol. The summed E-state index contributed by atoms with van der Waals surface area (Å²) in [6, 6.07) is 44.2. The molecular formula is C33H39NO2PPd+. The Bertz CT molecular complexity index is 1070. The molecule has 0 radical (unpaired) electrons. The number of nitrogens with zero attached hydrogens (tertiary/aromatic N) is 1. The molecule has 1 aliphatic rings. The number of likely N-dealkylation sites (tertiary alicyclic amines) is 1. The number of rotatable bonds is 5. The molecule has 0 unspecified atom stereocenters. The Morgan fingerprint density at radius 1 is 0.737 bits per heavy atom. The van der Waals surface area contributed by atoms with Gasteiger partial charge in [-0.2, -0.15) is 30.3 Å². The third kappa shape index (κ3) is 11.0. The van der Waals surface area contributed by atoms with Crippen molar-refractivity contribution in [3.8, 4) is 0 Å². The van der Waals surface area contributed by atoms with Crippen molar-refractivity contribution in [1.29, 1.82) is 0 Å². The van der Waals surface area contributed by atoms with E-state index >= 15 is 0 Å². The van der Waals surface area contributed by atoms with Crippen molar-refractivity contribution in [3.05, 3.63) is 127 Å². The number of hydrogen-bond acceptors (Lipinski definition) is 1. The molecule has 38 heavy (non-hydrogen) atoms. The monoisotopic (exact) mass is 618 g/mol. The summed E-state index contributed by atoms with van der Waals surface area (Å²) in [5, 5.41) is 11.7. The van der Waals surface area contributed by atoms with E-state index in [2.05, 4.69) is 116 Å². The molecule has 0 saturated carbocycles. The molecule has 5 rings (SSSR count). The third-order valence-corrected chi connectivity index (χ3v) is 9.14. The van der Waals surface area contributed by atoms with Crippen molar-refractivity contribution in [1.82, 2.24) is 0 Å². The molecule has 4 aromatic rings. The van der Waals surface area contributed by atoms with Gasteiger partial charge in [-0.3, -0.25) is 4.79 Å². The fourth-order valence-electron chi connectivity index (χ4n) is 4.69. The van der Waals surface area contributed by atoms with Crippen molar-refractivity contribution in [2.75, 3.05) is 20.1 Å². The Labute approximate surface area is 243 Å². The number of hydrogen-bond donors (Lipinski definition) is 1. The van der Waals surface area contributed by atoms with Gasteiger partial charge < -0.3 is 9.59 Å². The summed E-state index contributed by atoms with van der Waals surface area (Å²) >= 11 is 0. The van der Waals surface area contributed by atoms with E-state index in [0.717, 1.165) is 13.5 Å². The van der Waals surface area contributed by atoms with Crippen LogP contribution >= 0.6 is 7.92 Å². The van der Waals surface area contributed by atoms with Gasteiger partial charge in [0, 0.05) is 27.3 Å². The van der Waals surface area contributed by atoms with Crippen LogP contribution in [0, 0.1) is 6.07 Å². The molecule has 1 N–H and O–H groups in total. The van der Waals surface area contributed by atoms with E-state index in [1.165, 1.54) is 58.3 Å². The van der Waals surface area contributed by atoms with Crippen LogP contribution in [0.5, 0.6) is 0 Å². The van der Waals surface area contributed by atoms with Gasteiger partial charge in [-0.1, -0.05) is 54.6 Å². The Hall–Kier alpha value is -2.60. The molecule has 202 valence electrons. The Morgan fingerprint density at radius 2 is 1.13 bits per heavy atom. The first-order valence-corrected chi connectivity index (χ1v) is 14.5. The van der Waals surface area contributed by atoms with Crippen molar-refractivity contribution >= 4 is 29.8 Å². The van der Waals surface area contributed by atoms with E-state index in [1.54, 1.807) is 0 Å². The van der Waals surface area contributed by atoms with Crippen LogP contribution in [0.25, 0.3) is 0 Å². The molecule has 0 aliphatic carbocycles. The number of aliphatic carboxylic acids is 1. The standard InChI is InChI=1S/C18H15P.C13H19N.C2H4O2.Pd/c1-4-10-16(11-5-1)19(17-12-6-2-7-13-17)18-14-8-3-9-15-18;1-14(10-6-3-7-11-14)12-13-8-4-2-5-9-13;1-2(3)4;/h1-15H;2,4-5,8H,3,6-7,10-12H2,1H3;1H3,(H,3,4);/p+1. The van der Waals surface area contributed by atoms with E-state index in [1.807, 2.05) is 12.1 Å². The first-order valence-electron chi connectivity index (χ1n) is 13.0. The van der Waals surface area contributed by atoms with Gasteiger partial charge >= 0.3 is 0 Å². The largest absolute Gasteiger partial charge is 0.481 e. The number of carboxylic acid groups (broad SMARTS) is 1. The summed E-state index contributed by atoms with van der Waals surface area (Å²) in [5.41, 5.74) is 1.36. The summed E-state index contributed by atoms with van der Waals surface area (Å²) in [4.78, 5) is 9.00. The van der Waals surface area contributed by atoms with Gasteiger partial charge in [0.2, 0.25) is 0 Å². The number of carboxylic acids is 1. The second-order valence-corrected chi connectivity index (χ2v) is 12.1. The molecule has 5 heteroatoms. The summed E-state index contributed by atoms with van der Waals surface area (Å²) in [5.74, 6) is -0.833. The predicted molar refractivity (Wildman–Crippen MR) is 159 cm³/mol. The van der Waals surface area contributed by atoms with Gasteiger partial charge in [-0.25, -0.2) is 0 Å². The van der Waals surface area contributed by atoms with E-state index < -0.39 is 13.9 Å². The molecule has 1 heterocycles. The zero-order valence-corrected chi connectivity index (χ0v) is 24.9. The Kier molecular flexibility index (Phi) is 14.2. The minimum Gasteiger partial charge on any atom is -0.481 e. The zero-order valence-electron chi connectivity index (χ0n) is 22.3. The first-order chi connectivity index (χ1) is 18.0. The van der Waals surface area contributed by atoms with Gasteiger partial charge in [-0.05, 0) is 55.7 Å². The van der Waals surface area contributed by atoms with Gasteiger partial charge in [0.1, 0.15) is 15.9 Å². The number of benzene rings is 4. The normalized spacial score (nSPS) is 13.6. The van der Waals surface area contributed by atoms with Crippen LogP contribution in [0.2, 0.25) is 0 Å². The quantitative estimate of drug-likeness (QED) is 0.131. The molecule has 3 nitrogen and oxygen atoms in total. The van der Waals surface area contributed by atoms with Crippen LogP contribution in [-0.2, 0) is 31.8 Å². The van der Waals surface area contributed by atoms with Gasteiger partial charge in [0.05, 0.1) is 34.6 Å². The summed E-state index contributed by atoms with van der Waals surface area (Å²) in [6.07, 6.45) is 4.21. The topological polar surface area (TPSA) is 37.3 Å². The zero-order chi connectivity index (χ0) is 26.3. The summed E-state index contributed by atoms with van der Waals surface area (Å²) < 4.78 is 1.21. The van der Waals surface area contributed by atoms with E-state index in [0.29, 0.717) is 0 Å². The number of piperidine rings is 1. The van der Waals surface area contributed by atoms with Crippen LogP contribution in [0.15, 0.2) is 115 Å². The molecule has 0 aromatic heterocycles.